The van der Waals surface area contributed by atoms with Crippen molar-refractivity contribution in [1.82, 2.24) is 4.90 Å². The van der Waals surface area contributed by atoms with E-state index in [9.17, 15) is 14.3 Å². The average Bonchev–Trinajstić information content (AvgIpc) is 3.04. The fraction of sp³-hybridized carbons (Fsp3) is 0.353. The molecule has 0 saturated carbocycles. The summed E-state index contributed by atoms with van der Waals surface area (Å²) in [5.41, 5.74) is 0.896. The van der Waals surface area contributed by atoms with Crippen LogP contribution in [-0.4, -0.2) is 34.1 Å². The fourth-order valence-corrected chi connectivity index (χ4v) is 4.00. The molecule has 6 heteroatoms. The van der Waals surface area contributed by atoms with E-state index >= 15 is 0 Å². The number of fused-ring (bicyclic) bond motifs is 1. The molecule has 0 aromatic heterocycles. The summed E-state index contributed by atoms with van der Waals surface area (Å²) in [6, 6.07) is 13.5. The van der Waals surface area contributed by atoms with Crippen LogP contribution in [0.1, 0.15) is 19.8 Å². The molecule has 3 atom stereocenters. The number of likely N-dealkylation sites (tertiary alicyclic amines) is 1. The molecule has 120 valence electrons. The van der Waals surface area contributed by atoms with Crippen LogP contribution >= 0.6 is 8.03 Å². The number of amides is 1. The Balaban J connectivity index is 1.79. The maximum absolute atomic E-state index is 12.6. The number of hydrogen-bond donors (Lipinski definition) is 2. The van der Waals surface area contributed by atoms with Crippen LogP contribution < -0.4 is 5.32 Å². The third kappa shape index (κ3) is 3.21. The van der Waals surface area contributed by atoms with Crippen molar-refractivity contribution in [2.24, 2.45) is 0 Å². The Kier molecular flexibility index (Phi) is 4.60. The van der Waals surface area contributed by atoms with E-state index in [4.69, 9.17) is 0 Å². The zero-order chi connectivity index (χ0) is 16.4. The van der Waals surface area contributed by atoms with E-state index in [1.165, 1.54) is 0 Å². The molecule has 2 aromatic rings. The number of hydrogen-bond acceptors (Lipinski definition) is 3. The van der Waals surface area contributed by atoms with E-state index in [0.717, 1.165) is 22.9 Å². The van der Waals surface area contributed by atoms with Crippen LogP contribution in [0.3, 0.4) is 0 Å². The third-order valence-electron chi connectivity index (χ3n) is 4.29. The van der Waals surface area contributed by atoms with Gasteiger partial charge in [-0.3, -0.25) is 9.69 Å². The molecule has 0 radical (unpaired) electrons. The molecule has 0 aliphatic carbocycles. The van der Waals surface area contributed by atoms with Gasteiger partial charge in [-0.05, 0) is 29.4 Å². The van der Waals surface area contributed by atoms with E-state index < -0.39 is 19.9 Å². The molecule has 5 nitrogen and oxygen atoms in total. The molecule has 2 N–H and O–H groups in total. The van der Waals surface area contributed by atoms with Gasteiger partial charge in [-0.25, -0.2) is 0 Å². The van der Waals surface area contributed by atoms with Crippen molar-refractivity contribution in [2.45, 2.75) is 31.6 Å². The second kappa shape index (κ2) is 6.65. The molecule has 1 aliphatic heterocycles. The maximum Gasteiger partial charge on any atom is 0.530 e. The van der Waals surface area contributed by atoms with Crippen LogP contribution in [0.25, 0.3) is 10.8 Å². The van der Waals surface area contributed by atoms with Crippen LogP contribution in [0.2, 0.25) is 0 Å². The van der Waals surface area contributed by atoms with Crippen LogP contribution in [0, 0.1) is 0 Å². The average molecular weight is 331 g/mol. The van der Waals surface area contributed by atoms with E-state index in [1.54, 1.807) is 11.8 Å². The van der Waals surface area contributed by atoms with Gasteiger partial charge in [0.2, 0.25) is 5.91 Å². The van der Waals surface area contributed by atoms with Crippen molar-refractivity contribution in [3.8, 4) is 0 Å². The summed E-state index contributed by atoms with van der Waals surface area (Å²) in [7, 11) is -2.36. The lowest BCUT2D eigenvalue weighted by Crippen LogP contribution is -2.42. The molecular weight excluding hydrogens is 311 g/mol. The highest BCUT2D eigenvalue weighted by atomic mass is 31.1. The molecule has 0 bridgehead atoms. The van der Waals surface area contributed by atoms with Gasteiger partial charge < -0.3 is 5.32 Å². The molecule has 0 spiro atoms. The van der Waals surface area contributed by atoms with E-state index in [-0.39, 0.29) is 5.91 Å². The normalized spacial score (nSPS) is 19.7. The standard InChI is InChI=1S/C17H19N2O3P/c1-12(17(20)19-11-5-10-16(19)23(21)22)18-15-9-4-7-13-6-2-3-8-14(13)15/h2-4,6-9,12,16,18H,5,10-11H2,1H3/p+1/t12-,16+/m0/s1. The quantitative estimate of drug-likeness (QED) is 0.843. The van der Waals surface area contributed by atoms with Gasteiger partial charge >= 0.3 is 8.03 Å². The Hall–Kier alpha value is -1.97. The molecule has 3 rings (SSSR count). The monoisotopic (exact) mass is 331 g/mol. The summed E-state index contributed by atoms with van der Waals surface area (Å²) in [4.78, 5) is 23.5. The minimum Gasteiger partial charge on any atom is -0.373 e. The van der Waals surface area contributed by atoms with E-state index in [0.29, 0.717) is 13.0 Å². The summed E-state index contributed by atoms with van der Waals surface area (Å²) in [6.07, 6.45) is 1.37. The predicted octanol–water partition coefficient (Wildman–Crippen LogP) is 3.32. The van der Waals surface area contributed by atoms with Gasteiger partial charge in [0.1, 0.15) is 6.04 Å². The largest absolute Gasteiger partial charge is 0.530 e. The second-order valence-corrected chi connectivity index (χ2v) is 7.05. The summed E-state index contributed by atoms with van der Waals surface area (Å²) in [5.74, 6) is -0.674. The smallest absolute Gasteiger partial charge is 0.373 e. The minimum atomic E-state index is -2.36. The van der Waals surface area contributed by atoms with Crippen molar-refractivity contribution in [1.29, 1.82) is 0 Å². The molecule has 1 heterocycles. The Morgan fingerprint density at radius 3 is 2.83 bits per heavy atom. The molecule has 1 amide bonds. The van der Waals surface area contributed by atoms with Gasteiger partial charge in [-0.2, -0.15) is 4.89 Å². The molecule has 1 saturated heterocycles. The number of anilines is 1. The summed E-state index contributed by atoms with van der Waals surface area (Å²) < 4.78 is 11.4. The summed E-state index contributed by atoms with van der Waals surface area (Å²) in [6.45, 7) is 2.34. The second-order valence-electron chi connectivity index (χ2n) is 5.85. The van der Waals surface area contributed by atoms with E-state index in [1.807, 2.05) is 42.5 Å². The topological polar surface area (TPSA) is 69.6 Å². The van der Waals surface area contributed by atoms with Crippen molar-refractivity contribution >= 4 is 30.4 Å². The van der Waals surface area contributed by atoms with Crippen LogP contribution in [0.4, 0.5) is 5.69 Å². The zero-order valence-corrected chi connectivity index (χ0v) is 13.9. The Morgan fingerprint density at radius 2 is 2.04 bits per heavy atom. The molecule has 1 fully saturated rings. The maximum atomic E-state index is 12.6. The number of nitrogens with one attached hydrogen (secondary N) is 1. The number of carbonyl (C=O) groups is 1. The predicted molar refractivity (Wildman–Crippen MR) is 91.6 cm³/mol. The first-order valence-corrected chi connectivity index (χ1v) is 9.06. The van der Waals surface area contributed by atoms with Crippen molar-refractivity contribution in [2.75, 3.05) is 11.9 Å². The molecule has 2 aromatic carbocycles. The first-order valence-electron chi connectivity index (χ1n) is 7.78. The fourth-order valence-electron chi connectivity index (χ4n) is 3.13. The molecule has 1 aliphatic rings. The van der Waals surface area contributed by atoms with Gasteiger partial charge in [-0.15, -0.1) is 0 Å². The highest BCUT2D eigenvalue weighted by Gasteiger charge is 2.43. The minimum absolute atomic E-state index is 0.127. The summed E-state index contributed by atoms with van der Waals surface area (Å²) in [5, 5.41) is 5.42. The Bertz CT molecular complexity index is 744. The van der Waals surface area contributed by atoms with Crippen LogP contribution in [0.5, 0.6) is 0 Å². The lowest BCUT2D eigenvalue weighted by Gasteiger charge is -2.23. The Labute approximate surface area is 136 Å². The van der Waals surface area contributed by atoms with Gasteiger partial charge in [0, 0.05) is 24.0 Å². The third-order valence-corrected chi connectivity index (χ3v) is 5.34. The van der Waals surface area contributed by atoms with Crippen LogP contribution in [0.15, 0.2) is 42.5 Å². The van der Waals surface area contributed by atoms with Gasteiger partial charge in [0.05, 0.1) is 0 Å². The number of carbonyl (C=O) groups excluding carboxylic acids is 1. The van der Waals surface area contributed by atoms with Crippen molar-refractivity contribution < 1.29 is 14.3 Å². The van der Waals surface area contributed by atoms with Crippen molar-refractivity contribution in [3.05, 3.63) is 42.5 Å². The lowest BCUT2D eigenvalue weighted by molar-refractivity contribution is -0.131. The van der Waals surface area contributed by atoms with Crippen LogP contribution in [-0.2, 0) is 9.36 Å². The highest BCUT2D eigenvalue weighted by Crippen LogP contribution is 2.35. The highest BCUT2D eigenvalue weighted by molar-refractivity contribution is 7.38. The molecular formula is C17H20N2O3P+. The van der Waals surface area contributed by atoms with Crippen molar-refractivity contribution in [3.63, 3.8) is 0 Å². The van der Waals surface area contributed by atoms with Gasteiger partial charge in [-0.1, -0.05) is 36.4 Å². The first kappa shape index (κ1) is 15.9. The Morgan fingerprint density at radius 1 is 1.30 bits per heavy atom. The lowest BCUT2D eigenvalue weighted by atomic mass is 10.1. The number of nitrogens with zero attached hydrogens (tertiary/aromatic N) is 1. The SMILES string of the molecule is C[C@H](Nc1cccc2ccccc12)C(=O)N1CCC[C@H]1[P+](=O)O. The first-order chi connectivity index (χ1) is 11.1. The number of rotatable bonds is 4. The number of benzene rings is 2. The zero-order valence-electron chi connectivity index (χ0n) is 13.0. The molecule has 23 heavy (non-hydrogen) atoms. The van der Waals surface area contributed by atoms with E-state index in [2.05, 4.69) is 5.32 Å². The summed E-state index contributed by atoms with van der Waals surface area (Å²) >= 11 is 0. The van der Waals surface area contributed by atoms with Gasteiger partial charge in [0.25, 0.3) is 5.78 Å². The van der Waals surface area contributed by atoms with Gasteiger partial charge in [0.15, 0.2) is 0 Å². The molecule has 1 unspecified atom stereocenters.